The summed E-state index contributed by atoms with van der Waals surface area (Å²) in [5.41, 5.74) is 0.811. The normalized spacial score (nSPS) is 15.8. The van der Waals surface area contributed by atoms with Crippen LogP contribution in [-0.2, 0) is 26.2 Å². The van der Waals surface area contributed by atoms with E-state index in [1.54, 1.807) is 12.1 Å². The zero-order valence-corrected chi connectivity index (χ0v) is 17.8. The molecule has 1 heterocycles. The molecule has 156 valence electrons. The van der Waals surface area contributed by atoms with Gasteiger partial charge in [0.15, 0.2) is 0 Å². The third-order valence-corrected chi connectivity index (χ3v) is 7.05. The summed E-state index contributed by atoms with van der Waals surface area (Å²) >= 11 is 5.84. The van der Waals surface area contributed by atoms with Crippen LogP contribution >= 0.6 is 11.6 Å². The molecule has 1 saturated heterocycles. The second kappa shape index (κ2) is 9.61. The fourth-order valence-electron chi connectivity index (χ4n) is 3.27. The molecule has 0 atom stereocenters. The summed E-state index contributed by atoms with van der Waals surface area (Å²) in [6.07, 6.45) is 0.859. The Kier molecular flexibility index (Phi) is 7.16. The fraction of sp³-hybridized carbons (Fsp3) is 0.381. The lowest BCUT2D eigenvalue weighted by atomic mass is 9.98. The Balaban J connectivity index is 1.55. The highest BCUT2D eigenvalue weighted by Gasteiger charge is 2.32. The predicted octanol–water partition coefficient (Wildman–Crippen LogP) is 3.88. The van der Waals surface area contributed by atoms with Crippen molar-refractivity contribution in [2.45, 2.75) is 31.3 Å². The maximum Gasteiger partial charge on any atom is 0.309 e. The van der Waals surface area contributed by atoms with Crippen LogP contribution in [0.15, 0.2) is 53.4 Å². The predicted molar refractivity (Wildman–Crippen MR) is 110 cm³/mol. The number of ether oxygens (including phenoxy) is 2. The first-order chi connectivity index (χ1) is 13.9. The number of para-hydroxylation sites is 1. The molecule has 0 spiro atoms. The van der Waals surface area contributed by atoms with E-state index in [2.05, 4.69) is 0 Å². The van der Waals surface area contributed by atoms with Crippen molar-refractivity contribution in [1.29, 1.82) is 0 Å². The molecule has 29 heavy (non-hydrogen) atoms. The number of halogens is 1. The van der Waals surface area contributed by atoms with Gasteiger partial charge in [0.25, 0.3) is 0 Å². The molecule has 0 unspecified atom stereocenters. The number of nitrogens with zero attached hydrogens (tertiary/aromatic N) is 1. The van der Waals surface area contributed by atoms with Gasteiger partial charge in [-0.15, -0.1) is 0 Å². The molecule has 1 aliphatic heterocycles. The summed E-state index contributed by atoms with van der Waals surface area (Å²) in [5, 5.41) is 0.483. The van der Waals surface area contributed by atoms with E-state index in [-0.39, 0.29) is 36.5 Å². The molecule has 6 nitrogen and oxygen atoms in total. The molecule has 1 aliphatic rings. The quantitative estimate of drug-likeness (QED) is 0.614. The maximum atomic E-state index is 12.7. The Morgan fingerprint density at radius 2 is 1.76 bits per heavy atom. The number of sulfonamides is 1. The van der Waals surface area contributed by atoms with Gasteiger partial charge in [0.05, 0.1) is 17.4 Å². The van der Waals surface area contributed by atoms with Gasteiger partial charge in [-0.05, 0) is 50.1 Å². The summed E-state index contributed by atoms with van der Waals surface area (Å²) in [5.74, 6) is 0.0810. The first-order valence-electron chi connectivity index (χ1n) is 9.55. The van der Waals surface area contributed by atoms with Gasteiger partial charge in [0, 0.05) is 23.7 Å². The lowest BCUT2D eigenvalue weighted by Gasteiger charge is -2.30. The van der Waals surface area contributed by atoms with Crippen LogP contribution in [0.1, 0.15) is 25.3 Å². The minimum atomic E-state index is -3.59. The van der Waals surface area contributed by atoms with Gasteiger partial charge in [0.2, 0.25) is 10.0 Å². The third kappa shape index (κ3) is 5.29. The highest BCUT2D eigenvalue weighted by Crippen LogP contribution is 2.26. The van der Waals surface area contributed by atoms with Crippen LogP contribution in [0, 0.1) is 5.92 Å². The Morgan fingerprint density at radius 3 is 2.41 bits per heavy atom. The Labute approximate surface area is 176 Å². The number of hydrogen-bond donors (Lipinski definition) is 0. The summed E-state index contributed by atoms with van der Waals surface area (Å²) in [4.78, 5) is 12.7. The molecule has 0 saturated carbocycles. The average Bonchev–Trinajstić information content (AvgIpc) is 2.73. The molecule has 0 radical (unpaired) electrons. The van der Waals surface area contributed by atoms with Gasteiger partial charge in [0.1, 0.15) is 12.4 Å². The summed E-state index contributed by atoms with van der Waals surface area (Å²) < 4.78 is 37.9. The number of piperidine rings is 1. The highest BCUT2D eigenvalue weighted by molar-refractivity contribution is 7.89. The van der Waals surface area contributed by atoms with Crippen molar-refractivity contribution in [2.75, 3.05) is 19.7 Å². The zero-order valence-electron chi connectivity index (χ0n) is 16.2. The van der Waals surface area contributed by atoms with Crippen molar-refractivity contribution in [1.82, 2.24) is 4.31 Å². The van der Waals surface area contributed by atoms with Crippen molar-refractivity contribution < 1.29 is 22.7 Å². The van der Waals surface area contributed by atoms with Gasteiger partial charge in [-0.25, -0.2) is 8.42 Å². The smallest absolute Gasteiger partial charge is 0.309 e. The van der Waals surface area contributed by atoms with Crippen LogP contribution in [0.3, 0.4) is 0 Å². The standard InChI is InChI=1S/C21H24ClNO5S/c1-2-27-20-6-4-3-5-17(20)15-28-21(24)16-11-13-23(14-12-16)29(25,26)19-9-7-18(22)8-10-19/h3-10,16H,2,11-15H2,1H3. The second-order valence-corrected chi connectivity index (χ2v) is 9.16. The molecule has 0 bridgehead atoms. The van der Waals surface area contributed by atoms with Gasteiger partial charge in [-0.2, -0.15) is 4.31 Å². The van der Waals surface area contributed by atoms with Crippen LogP contribution in [0.25, 0.3) is 0 Å². The molecular weight excluding hydrogens is 414 g/mol. The monoisotopic (exact) mass is 437 g/mol. The van der Waals surface area contributed by atoms with E-state index in [0.29, 0.717) is 30.2 Å². The Bertz CT molecular complexity index is 938. The number of carbonyl (C=O) groups is 1. The molecule has 3 rings (SSSR count). The lowest BCUT2D eigenvalue weighted by Crippen LogP contribution is -2.40. The topological polar surface area (TPSA) is 72.9 Å². The van der Waals surface area contributed by atoms with Gasteiger partial charge < -0.3 is 9.47 Å². The maximum absolute atomic E-state index is 12.7. The van der Waals surface area contributed by atoms with E-state index < -0.39 is 10.0 Å². The van der Waals surface area contributed by atoms with E-state index >= 15 is 0 Å². The first-order valence-corrected chi connectivity index (χ1v) is 11.4. The minimum absolute atomic E-state index is 0.137. The molecule has 8 heteroatoms. The lowest BCUT2D eigenvalue weighted by molar-refractivity contribution is -0.151. The number of hydrogen-bond acceptors (Lipinski definition) is 5. The number of rotatable bonds is 7. The minimum Gasteiger partial charge on any atom is -0.493 e. The Hall–Kier alpha value is -2.09. The second-order valence-electron chi connectivity index (χ2n) is 6.78. The SMILES string of the molecule is CCOc1ccccc1COC(=O)C1CCN(S(=O)(=O)c2ccc(Cl)cc2)CC1. The van der Waals surface area contributed by atoms with Crippen LogP contribution < -0.4 is 4.74 Å². The first kappa shape index (κ1) is 21.6. The highest BCUT2D eigenvalue weighted by atomic mass is 35.5. The Morgan fingerprint density at radius 1 is 1.10 bits per heavy atom. The molecule has 0 amide bonds. The van der Waals surface area contributed by atoms with Gasteiger partial charge in [-0.1, -0.05) is 29.8 Å². The summed E-state index contributed by atoms with van der Waals surface area (Å²) in [7, 11) is -3.59. The molecule has 2 aromatic carbocycles. The molecule has 0 aromatic heterocycles. The van der Waals surface area contributed by atoms with E-state index in [4.69, 9.17) is 21.1 Å². The van der Waals surface area contributed by atoms with E-state index in [1.165, 1.54) is 16.4 Å². The van der Waals surface area contributed by atoms with Crippen molar-refractivity contribution in [3.63, 3.8) is 0 Å². The van der Waals surface area contributed by atoms with Crippen molar-refractivity contribution >= 4 is 27.6 Å². The molecule has 0 aliphatic carbocycles. The average molecular weight is 438 g/mol. The van der Waals surface area contributed by atoms with Crippen molar-refractivity contribution in [3.05, 3.63) is 59.1 Å². The van der Waals surface area contributed by atoms with Crippen LogP contribution in [0.2, 0.25) is 5.02 Å². The third-order valence-electron chi connectivity index (χ3n) is 4.88. The van der Waals surface area contributed by atoms with Crippen molar-refractivity contribution in [3.8, 4) is 5.75 Å². The van der Waals surface area contributed by atoms with E-state index in [1.807, 2.05) is 31.2 Å². The number of benzene rings is 2. The van der Waals surface area contributed by atoms with Gasteiger partial charge >= 0.3 is 5.97 Å². The molecule has 2 aromatic rings. The number of esters is 1. The largest absolute Gasteiger partial charge is 0.493 e. The zero-order chi connectivity index (χ0) is 20.9. The van der Waals surface area contributed by atoms with Crippen LogP contribution in [-0.4, -0.2) is 38.4 Å². The van der Waals surface area contributed by atoms with E-state index in [9.17, 15) is 13.2 Å². The van der Waals surface area contributed by atoms with Gasteiger partial charge in [-0.3, -0.25) is 4.79 Å². The summed E-state index contributed by atoms with van der Waals surface area (Å²) in [6, 6.07) is 13.5. The molecule has 1 fully saturated rings. The summed E-state index contributed by atoms with van der Waals surface area (Å²) in [6.45, 7) is 3.12. The molecular formula is C21H24ClNO5S. The molecule has 0 N–H and O–H groups in total. The fourth-order valence-corrected chi connectivity index (χ4v) is 4.87. The van der Waals surface area contributed by atoms with Crippen molar-refractivity contribution in [2.24, 2.45) is 5.92 Å². The number of carbonyl (C=O) groups excluding carboxylic acids is 1. The van der Waals surface area contributed by atoms with Crippen LogP contribution in [0.4, 0.5) is 0 Å². The van der Waals surface area contributed by atoms with Crippen LogP contribution in [0.5, 0.6) is 5.75 Å². The van der Waals surface area contributed by atoms with E-state index in [0.717, 1.165) is 5.56 Å².